The van der Waals surface area contributed by atoms with Crippen LogP contribution in [0.3, 0.4) is 0 Å². The lowest BCUT2D eigenvalue weighted by Gasteiger charge is -2.31. The molecule has 0 saturated heterocycles. The van der Waals surface area contributed by atoms with Crippen LogP contribution in [0.1, 0.15) is 30.6 Å². The lowest BCUT2D eigenvalue weighted by atomic mass is 10.1. The van der Waals surface area contributed by atoms with Gasteiger partial charge in [-0.3, -0.25) is 14.0 Å². The molecule has 1 aliphatic heterocycles. The molecule has 0 radical (unpaired) electrons. The Kier molecular flexibility index (Phi) is 2.81. The second-order valence-electron chi connectivity index (χ2n) is 5.03. The van der Waals surface area contributed by atoms with E-state index < -0.39 is 18.1 Å². The minimum atomic E-state index is -1.20. The van der Waals surface area contributed by atoms with E-state index in [1.165, 1.54) is 11.7 Å². The number of carbonyl (C=O) groups excluding carboxylic acids is 1. The second-order valence-corrected chi connectivity index (χ2v) is 5.03. The summed E-state index contributed by atoms with van der Waals surface area (Å²) >= 11 is 0. The molecule has 1 aromatic heterocycles. The molecule has 2 heterocycles. The molecule has 3 rings (SSSR count). The van der Waals surface area contributed by atoms with Crippen molar-refractivity contribution in [3.8, 4) is 0 Å². The van der Waals surface area contributed by atoms with E-state index in [9.17, 15) is 19.5 Å². The highest BCUT2D eigenvalue weighted by Gasteiger charge is 2.40. The summed E-state index contributed by atoms with van der Waals surface area (Å²) in [5.41, 5.74) is 0.212. The minimum absolute atomic E-state index is 0.0939. The van der Waals surface area contributed by atoms with Gasteiger partial charge in [-0.2, -0.15) is 0 Å². The third kappa shape index (κ3) is 1.79. The van der Waals surface area contributed by atoms with Crippen LogP contribution < -0.4 is 5.69 Å². The van der Waals surface area contributed by atoms with E-state index >= 15 is 0 Å². The average molecular weight is 281 g/mol. The lowest BCUT2D eigenvalue weighted by Crippen LogP contribution is -2.46. The normalized spacial score (nSPS) is 21.4. The number of carboxylic acid groups (broad SMARTS) is 1. The third-order valence-corrected chi connectivity index (χ3v) is 3.80. The molecule has 20 heavy (non-hydrogen) atoms. The summed E-state index contributed by atoms with van der Waals surface area (Å²) in [5, 5.41) is 9.20. The van der Waals surface area contributed by atoms with Crippen LogP contribution in [0.4, 0.5) is 4.79 Å². The average Bonchev–Trinajstić information content (AvgIpc) is 3.22. The fourth-order valence-corrected chi connectivity index (χ4v) is 2.64. The molecule has 0 aromatic carbocycles. The number of amides is 1. The number of nitrogens with zero attached hydrogens (tertiary/aromatic N) is 3. The van der Waals surface area contributed by atoms with E-state index in [0.717, 1.165) is 17.7 Å². The first-order valence-electron chi connectivity index (χ1n) is 6.43. The van der Waals surface area contributed by atoms with Crippen molar-refractivity contribution in [2.45, 2.75) is 31.5 Å². The summed E-state index contributed by atoms with van der Waals surface area (Å²) in [6.07, 6.45) is 2.28. The molecule has 1 amide bonds. The number of aromatic nitrogens is 2. The number of carbonyl (C=O) groups is 2. The Morgan fingerprint density at radius 3 is 2.60 bits per heavy atom. The number of imidazole rings is 1. The Balaban J connectivity index is 2.09. The standard InChI is InChI=1S/C12H15N3O5/c1-20-10(16)9-8-6-15(7-2-3-7)11(17)13(8)4-5-14(9)12(18)19/h6-7,9H,2-5H2,1H3,(H,18,19). The van der Waals surface area contributed by atoms with Crippen LogP contribution in [0.15, 0.2) is 11.0 Å². The summed E-state index contributed by atoms with van der Waals surface area (Å²) in [4.78, 5) is 36.4. The van der Waals surface area contributed by atoms with Crippen LogP contribution in [-0.2, 0) is 16.1 Å². The zero-order chi connectivity index (χ0) is 14.4. The lowest BCUT2D eigenvalue weighted by molar-refractivity contribution is -0.147. The van der Waals surface area contributed by atoms with E-state index in [-0.39, 0.29) is 24.8 Å². The maximum atomic E-state index is 12.2. The highest BCUT2D eigenvalue weighted by Crippen LogP contribution is 2.35. The molecule has 0 spiro atoms. The molecule has 1 unspecified atom stereocenters. The van der Waals surface area contributed by atoms with Gasteiger partial charge in [-0.15, -0.1) is 0 Å². The molecule has 2 aliphatic rings. The number of ether oxygens (including phenoxy) is 1. The topological polar surface area (TPSA) is 93.8 Å². The van der Waals surface area contributed by atoms with Crippen molar-refractivity contribution in [2.24, 2.45) is 0 Å². The predicted octanol–water partition coefficient (Wildman–Crippen LogP) is 0.192. The minimum Gasteiger partial charge on any atom is -0.467 e. The number of fused-ring (bicyclic) bond motifs is 1. The summed E-state index contributed by atoms with van der Waals surface area (Å²) < 4.78 is 7.75. The van der Waals surface area contributed by atoms with Crippen LogP contribution in [0.5, 0.6) is 0 Å². The molecule has 8 nitrogen and oxygen atoms in total. The zero-order valence-corrected chi connectivity index (χ0v) is 11.0. The van der Waals surface area contributed by atoms with Gasteiger partial charge in [0, 0.05) is 25.3 Å². The van der Waals surface area contributed by atoms with Crippen molar-refractivity contribution in [1.82, 2.24) is 14.0 Å². The number of hydrogen-bond acceptors (Lipinski definition) is 4. The van der Waals surface area contributed by atoms with Crippen molar-refractivity contribution in [3.05, 3.63) is 22.4 Å². The predicted molar refractivity (Wildman–Crippen MR) is 66.5 cm³/mol. The molecule has 1 atom stereocenters. The van der Waals surface area contributed by atoms with E-state index in [4.69, 9.17) is 0 Å². The summed E-state index contributed by atoms with van der Waals surface area (Å²) in [6, 6.07) is -0.892. The van der Waals surface area contributed by atoms with Gasteiger partial charge in [0.1, 0.15) is 0 Å². The van der Waals surface area contributed by atoms with Crippen LogP contribution >= 0.6 is 0 Å². The number of rotatable bonds is 2. The zero-order valence-electron chi connectivity index (χ0n) is 11.0. The van der Waals surface area contributed by atoms with Gasteiger partial charge in [-0.1, -0.05) is 0 Å². The number of methoxy groups -OCH3 is 1. The molecule has 1 saturated carbocycles. The van der Waals surface area contributed by atoms with E-state index in [1.807, 2.05) is 0 Å². The summed E-state index contributed by atoms with van der Waals surface area (Å²) in [5.74, 6) is -0.672. The van der Waals surface area contributed by atoms with Crippen molar-refractivity contribution in [1.29, 1.82) is 0 Å². The van der Waals surface area contributed by atoms with Crippen molar-refractivity contribution < 1.29 is 19.4 Å². The van der Waals surface area contributed by atoms with Crippen LogP contribution in [0.2, 0.25) is 0 Å². The smallest absolute Gasteiger partial charge is 0.408 e. The Morgan fingerprint density at radius 2 is 2.05 bits per heavy atom. The second kappa shape index (κ2) is 4.39. The molecule has 1 aliphatic carbocycles. The highest BCUT2D eigenvalue weighted by molar-refractivity contribution is 5.82. The first-order valence-corrected chi connectivity index (χ1v) is 6.43. The molecule has 108 valence electrons. The Hall–Kier alpha value is -2.25. The Morgan fingerprint density at radius 1 is 1.35 bits per heavy atom. The van der Waals surface area contributed by atoms with E-state index in [2.05, 4.69) is 4.74 Å². The maximum absolute atomic E-state index is 12.2. The fourth-order valence-electron chi connectivity index (χ4n) is 2.64. The van der Waals surface area contributed by atoms with Crippen LogP contribution in [0, 0.1) is 0 Å². The maximum Gasteiger partial charge on any atom is 0.408 e. The van der Waals surface area contributed by atoms with E-state index in [0.29, 0.717) is 5.69 Å². The summed E-state index contributed by atoms with van der Waals surface area (Å²) in [6.45, 7) is 0.352. The van der Waals surface area contributed by atoms with Crippen molar-refractivity contribution in [3.63, 3.8) is 0 Å². The molecular formula is C12H15N3O5. The first-order chi connectivity index (χ1) is 9.54. The quantitative estimate of drug-likeness (QED) is 0.781. The van der Waals surface area contributed by atoms with Crippen LogP contribution in [0.25, 0.3) is 0 Å². The van der Waals surface area contributed by atoms with Gasteiger partial charge in [-0.05, 0) is 12.8 Å². The van der Waals surface area contributed by atoms with Gasteiger partial charge >= 0.3 is 17.8 Å². The highest BCUT2D eigenvalue weighted by atomic mass is 16.5. The SMILES string of the molecule is COC(=O)C1c2cn(C3CC3)c(=O)n2CCN1C(=O)O. The van der Waals surface area contributed by atoms with Gasteiger partial charge < -0.3 is 9.84 Å². The molecule has 1 aromatic rings. The third-order valence-electron chi connectivity index (χ3n) is 3.80. The largest absolute Gasteiger partial charge is 0.467 e. The Labute approximate surface area is 114 Å². The van der Waals surface area contributed by atoms with E-state index in [1.54, 1.807) is 10.8 Å². The molecular weight excluding hydrogens is 266 g/mol. The summed E-state index contributed by atoms with van der Waals surface area (Å²) in [7, 11) is 1.21. The van der Waals surface area contributed by atoms with Gasteiger partial charge in [-0.25, -0.2) is 14.4 Å². The monoisotopic (exact) mass is 281 g/mol. The molecule has 1 N–H and O–H groups in total. The number of esters is 1. The van der Waals surface area contributed by atoms with Crippen molar-refractivity contribution in [2.75, 3.05) is 13.7 Å². The van der Waals surface area contributed by atoms with Gasteiger partial charge in [0.15, 0.2) is 6.04 Å². The molecule has 1 fully saturated rings. The van der Waals surface area contributed by atoms with Gasteiger partial charge in [0.25, 0.3) is 0 Å². The first kappa shape index (κ1) is 12.8. The van der Waals surface area contributed by atoms with Gasteiger partial charge in [0.2, 0.25) is 0 Å². The van der Waals surface area contributed by atoms with Crippen molar-refractivity contribution >= 4 is 12.1 Å². The molecule has 8 heteroatoms. The molecule has 0 bridgehead atoms. The Bertz CT molecular complexity index is 628. The van der Waals surface area contributed by atoms with Gasteiger partial charge in [0.05, 0.1) is 12.8 Å². The van der Waals surface area contributed by atoms with Crippen LogP contribution in [-0.4, -0.2) is 44.9 Å². The number of hydrogen-bond donors (Lipinski definition) is 1. The fraction of sp³-hybridized carbons (Fsp3) is 0.583.